The van der Waals surface area contributed by atoms with Crippen molar-refractivity contribution in [2.75, 3.05) is 4.90 Å². The van der Waals surface area contributed by atoms with E-state index in [9.17, 15) is 0 Å². The molecule has 0 bridgehead atoms. The van der Waals surface area contributed by atoms with Crippen LogP contribution >= 0.6 is 0 Å². The van der Waals surface area contributed by atoms with Gasteiger partial charge >= 0.3 is 0 Å². The lowest BCUT2D eigenvalue weighted by Gasteiger charge is -2.39. The summed E-state index contributed by atoms with van der Waals surface area (Å²) < 4.78 is 0. The first kappa shape index (κ1) is 16.1. The van der Waals surface area contributed by atoms with Gasteiger partial charge in [-0.05, 0) is 55.2 Å². The summed E-state index contributed by atoms with van der Waals surface area (Å²) in [4.78, 5) is 2.63. The van der Waals surface area contributed by atoms with E-state index in [1.54, 1.807) is 0 Å². The maximum atomic E-state index is 2.63. The number of hydrogen-bond acceptors (Lipinski definition) is 1. The molecular weight excluding hydrogens is 278 g/mol. The first-order valence-corrected chi connectivity index (χ1v) is 9.09. The smallest absolute Gasteiger partial charge is 0.0432 e. The normalized spacial score (nSPS) is 21.3. The summed E-state index contributed by atoms with van der Waals surface area (Å²) in [5.41, 5.74) is 2.77. The van der Waals surface area contributed by atoms with Crippen LogP contribution in [0.15, 0.2) is 60.7 Å². The number of anilines is 1. The van der Waals surface area contributed by atoms with Crippen molar-refractivity contribution in [3.8, 4) is 0 Å². The minimum Gasteiger partial charge on any atom is -0.364 e. The second-order valence-electron chi connectivity index (χ2n) is 7.26. The maximum absolute atomic E-state index is 2.63. The second-order valence-corrected chi connectivity index (χ2v) is 7.26. The van der Waals surface area contributed by atoms with Crippen molar-refractivity contribution in [3.63, 3.8) is 0 Å². The van der Waals surface area contributed by atoms with Crippen molar-refractivity contribution in [1.29, 1.82) is 0 Å². The molecule has 0 aliphatic heterocycles. The molecule has 0 spiro atoms. The highest BCUT2D eigenvalue weighted by Crippen LogP contribution is 2.34. The summed E-state index contributed by atoms with van der Waals surface area (Å²) in [6.45, 7) is 5.77. The van der Waals surface area contributed by atoms with Gasteiger partial charge in [0.25, 0.3) is 0 Å². The maximum Gasteiger partial charge on any atom is 0.0432 e. The first-order valence-electron chi connectivity index (χ1n) is 9.09. The first-order chi connectivity index (χ1) is 11.2. The SMILES string of the molecule is CC(C)C1CCC(N(Cc2ccccc2)c2ccccc2)CC1. The quantitative estimate of drug-likeness (QED) is 0.664. The molecule has 2 aromatic carbocycles. The van der Waals surface area contributed by atoms with Gasteiger partial charge in [-0.2, -0.15) is 0 Å². The molecule has 1 nitrogen and oxygen atoms in total. The molecule has 1 aliphatic carbocycles. The molecule has 0 atom stereocenters. The van der Waals surface area contributed by atoms with E-state index in [1.165, 1.54) is 36.9 Å². The minimum absolute atomic E-state index is 0.674. The van der Waals surface area contributed by atoms with Crippen LogP contribution in [0.2, 0.25) is 0 Å². The van der Waals surface area contributed by atoms with Gasteiger partial charge < -0.3 is 4.90 Å². The zero-order valence-corrected chi connectivity index (χ0v) is 14.5. The number of nitrogens with zero attached hydrogens (tertiary/aromatic N) is 1. The number of benzene rings is 2. The van der Waals surface area contributed by atoms with Gasteiger partial charge in [0.15, 0.2) is 0 Å². The van der Waals surface area contributed by atoms with Crippen LogP contribution in [0, 0.1) is 11.8 Å². The summed E-state index contributed by atoms with van der Waals surface area (Å²) in [5, 5.41) is 0. The van der Waals surface area contributed by atoms with Gasteiger partial charge in [-0.15, -0.1) is 0 Å². The van der Waals surface area contributed by atoms with E-state index in [4.69, 9.17) is 0 Å². The third-order valence-corrected chi connectivity index (χ3v) is 5.41. The Balaban J connectivity index is 1.76. The van der Waals surface area contributed by atoms with Gasteiger partial charge in [0.05, 0.1) is 0 Å². The van der Waals surface area contributed by atoms with Gasteiger partial charge in [-0.1, -0.05) is 62.4 Å². The average Bonchev–Trinajstić information content (AvgIpc) is 2.61. The molecule has 2 aromatic rings. The van der Waals surface area contributed by atoms with Crippen LogP contribution in [0.3, 0.4) is 0 Å². The zero-order valence-electron chi connectivity index (χ0n) is 14.5. The van der Waals surface area contributed by atoms with Crippen LogP contribution in [0.25, 0.3) is 0 Å². The van der Waals surface area contributed by atoms with Gasteiger partial charge in [0.2, 0.25) is 0 Å². The Kier molecular flexibility index (Phi) is 5.38. The molecule has 0 radical (unpaired) electrons. The van der Waals surface area contributed by atoms with E-state index >= 15 is 0 Å². The summed E-state index contributed by atoms with van der Waals surface area (Å²) in [5.74, 6) is 1.75. The molecule has 3 rings (SSSR count). The van der Waals surface area contributed by atoms with E-state index in [-0.39, 0.29) is 0 Å². The molecule has 0 saturated heterocycles. The highest BCUT2D eigenvalue weighted by Gasteiger charge is 2.27. The Morgan fingerprint density at radius 1 is 0.826 bits per heavy atom. The lowest BCUT2D eigenvalue weighted by Crippen LogP contribution is -2.38. The molecule has 0 amide bonds. The Morgan fingerprint density at radius 3 is 1.96 bits per heavy atom. The van der Waals surface area contributed by atoms with Crippen LogP contribution < -0.4 is 4.90 Å². The molecule has 23 heavy (non-hydrogen) atoms. The fourth-order valence-electron chi connectivity index (χ4n) is 3.91. The van der Waals surface area contributed by atoms with Crippen molar-refractivity contribution < 1.29 is 0 Å². The van der Waals surface area contributed by atoms with E-state index in [0.29, 0.717) is 6.04 Å². The summed E-state index contributed by atoms with van der Waals surface area (Å²) in [6.07, 6.45) is 5.40. The lowest BCUT2D eigenvalue weighted by molar-refractivity contribution is 0.252. The molecule has 0 aromatic heterocycles. The lowest BCUT2D eigenvalue weighted by atomic mass is 9.79. The predicted octanol–water partition coefficient (Wildman–Crippen LogP) is 5.91. The number of para-hydroxylation sites is 1. The van der Waals surface area contributed by atoms with Gasteiger partial charge in [-0.25, -0.2) is 0 Å². The number of rotatable bonds is 5. The summed E-state index contributed by atoms with van der Waals surface area (Å²) >= 11 is 0. The Hall–Kier alpha value is -1.76. The van der Waals surface area contributed by atoms with Crippen molar-refractivity contribution in [2.24, 2.45) is 11.8 Å². The fourth-order valence-corrected chi connectivity index (χ4v) is 3.91. The molecule has 122 valence electrons. The van der Waals surface area contributed by atoms with Crippen molar-refractivity contribution in [2.45, 2.75) is 52.1 Å². The Bertz CT molecular complexity index is 567. The number of hydrogen-bond donors (Lipinski definition) is 0. The van der Waals surface area contributed by atoms with Crippen molar-refractivity contribution in [1.82, 2.24) is 0 Å². The highest BCUT2D eigenvalue weighted by atomic mass is 15.2. The Morgan fingerprint density at radius 2 is 1.39 bits per heavy atom. The van der Waals surface area contributed by atoms with E-state index in [0.717, 1.165) is 18.4 Å². The van der Waals surface area contributed by atoms with E-state index in [1.807, 2.05) is 0 Å². The van der Waals surface area contributed by atoms with Crippen molar-refractivity contribution >= 4 is 5.69 Å². The van der Waals surface area contributed by atoms with E-state index in [2.05, 4.69) is 79.4 Å². The van der Waals surface area contributed by atoms with E-state index < -0.39 is 0 Å². The summed E-state index contributed by atoms with van der Waals surface area (Å²) in [6, 6.07) is 22.5. The fraction of sp³-hybridized carbons (Fsp3) is 0.455. The largest absolute Gasteiger partial charge is 0.364 e. The predicted molar refractivity (Wildman–Crippen MR) is 99.7 cm³/mol. The molecule has 0 heterocycles. The topological polar surface area (TPSA) is 3.24 Å². The monoisotopic (exact) mass is 307 g/mol. The van der Waals surface area contributed by atoms with Crippen LogP contribution in [-0.2, 0) is 6.54 Å². The molecule has 1 heteroatoms. The highest BCUT2D eigenvalue weighted by molar-refractivity contribution is 5.48. The van der Waals surface area contributed by atoms with Crippen LogP contribution in [0.1, 0.15) is 45.1 Å². The van der Waals surface area contributed by atoms with Crippen LogP contribution in [0.4, 0.5) is 5.69 Å². The molecule has 1 saturated carbocycles. The second kappa shape index (κ2) is 7.68. The minimum atomic E-state index is 0.674. The van der Waals surface area contributed by atoms with Crippen LogP contribution in [-0.4, -0.2) is 6.04 Å². The summed E-state index contributed by atoms with van der Waals surface area (Å²) in [7, 11) is 0. The van der Waals surface area contributed by atoms with Gasteiger partial charge in [0, 0.05) is 18.3 Å². The molecule has 0 unspecified atom stereocenters. The Labute approximate surface area is 141 Å². The molecule has 1 fully saturated rings. The third kappa shape index (κ3) is 4.16. The average molecular weight is 307 g/mol. The third-order valence-electron chi connectivity index (χ3n) is 5.41. The zero-order chi connectivity index (χ0) is 16.1. The standard InChI is InChI=1S/C22H29N/c1-18(2)20-13-15-22(16-14-20)23(21-11-7-4-8-12-21)17-19-9-5-3-6-10-19/h3-12,18,20,22H,13-17H2,1-2H3. The molecule has 1 aliphatic rings. The van der Waals surface area contributed by atoms with Crippen molar-refractivity contribution in [3.05, 3.63) is 66.2 Å². The molecule has 0 N–H and O–H groups in total. The van der Waals surface area contributed by atoms with Gasteiger partial charge in [0.1, 0.15) is 0 Å². The molecular formula is C22H29N. The van der Waals surface area contributed by atoms with Gasteiger partial charge in [-0.3, -0.25) is 0 Å². The van der Waals surface area contributed by atoms with Crippen LogP contribution in [0.5, 0.6) is 0 Å².